The van der Waals surface area contributed by atoms with Crippen LogP contribution in [-0.2, 0) is 11.2 Å². The van der Waals surface area contributed by atoms with Crippen LogP contribution in [0, 0.1) is 0 Å². The Bertz CT molecular complexity index is 491. The third-order valence-corrected chi connectivity index (χ3v) is 2.37. The van der Waals surface area contributed by atoms with Crippen LogP contribution in [0.4, 0.5) is 5.82 Å². The average molecular weight is 245 g/mol. The molecule has 0 spiro atoms. The van der Waals surface area contributed by atoms with E-state index < -0.39 is 0 Å². The molecule has 1 heterocycles. The van der Waals surface area contributed by atoms with Crippen LogP contribution in [0.5, 0.6) is 5.75 Å². The first kappa shape index (κ1) is 12.2. The van der Waals surface area contributed by atoms with Gasteiger partial charge in [0.1, 0.15) is 11.6 Å². The molecule has 0 unspecified atom stereocenters. The van der Waals surface area contributed by atoms with Gasteiger partial charge in [-0.3, -0.25) is 9.89 Å². The highest BCUT2D eigenvalue weighted by Crippen LogP contribution is 2.12. The Morgan fingerprint density at radius 2 is 2.11 bits per heavy atom. The van der Waals surface area contributed by atoms with E-state index in [0.29, 0.717) is 18.8 Å². The van der Waals surface area contributed by atoms with E-state index in [1.54, 1.807) is 12.3 Å². The first-order valence-electron chi connectivity index (χ1n) is 5.79. The van der Waals surface area contributed by atoms with Gasteiger partial charge < -0.3 is 10.1 Å². The smallest absolute Gasteiger partial charge is 0.229 e. The first-order chi connectivity index (χ1) is 8.78. The fraction of sp³-hybridized carbons (Fsp3) is 0.231. The maximum Gasteiger partial charge on any atom is 0.229 e. The van der Waals surface area contributed by atoms with Gasteiger partial charge in [-0.05, 0) is 24.6 Å². The average Bonchev–Trinajstić information content (AvgIpc) is 2.84. The second kappa shape index (κ2) is 5.86. The van der Waals surface area contributed by atoms with Gasteiger partial charge in [-0.1, -0.05) is 12.1 Å². The molecule has 5 heteroatoms. The first-order valence-corrected chi connectivity index (χ1v) is 5.79. The van der Waals surface area contributed by atoms with Crippen molar-refractivity contribution < 1.29 is 9.53 Å². The van der Waals surface area contributed by atoms with Crippen molar-refractivity contribution in [2.45, 2.75) is 13.3 Å². The summed E-state index contributed by atoms with van der Waals surface area (Å²) in [5, 5.41) is 9.16. The van der Waals surface area contributed by atoms with Gasteiger partial charge in [-0.25, -0.2) is 0 Å². The predicted molar refractivity (Wildman–Crippen MR) is 68.5 cm³/mol. The molecule has 0 saturated carbocycles. The summed E-state index contributed by atoms with van der Waals surface area (Å²) in [5.41, 5.74) is 0.940. The number of amides is 1. The van der Waals surface area contributed by atoms with E-state index in [-0.39, 0.29) is 5.91 Å². The van der Waals surface area contributed by atoms with E-state index in [9.17, 15) is 4.79 Å². The molecule has 0 saturated heterocycles. The lowest BCUT2D eigenvalue weighted by molar-refractivity contribution is -0.115. The third kappa shape index (κ3) is 3.35. The molecule has 0 radical (unpaired) electrons. The molecular formula is C13H15N3O2. The number of nitrogens with zero attached hydrogens (tertiary/aromatic N) is 1. The fourth-order valence-corrected chi connectivity index (χ4v) is 1.58. The minimum absolute atomic E-state index is 0.0802. The summed E-state index contributed by atoms with van der Waals surface area (Å²) >= 11 is 0. The zero-order valence-electron chi connectivity index (χ0n) is 10.1. The number of rotatable bonds is 5. The minimum Gasteiger partial charge on any atom is -0.494 e. The van der Waals surface area contributed by atoms with Gasteiger partial charge in [0.05, 0.1) is 19.2 Å². The molecule has 0 aliphatic carbocycles. The molecule has 1 amide bonds. The van der Waals surface area contributed by atoms with Gasteiger partial charge in [0.15, 0.2) is 0 Å². The Kier molecular flexibility index (Phi) is 3.96. The lowest BCUT2D eigenvalue weighted by Crippen LogP contribution is -2.14. The Hall–Kier alpha value is -2.30. The van der Waals surface area contributed by atoms with Crippen LogP contribution < -0.4 is 10.1 Å². The summed E-state index contributed by atoms with van der Waals surface area (Å²) in [6.45, 7) is 2.57. The number of anilines is 1. The van der Waals surface area contributed by atoms with Crippen molar-refractivity contribution in [2.24, 2.45) is 0 Å². The lowest BCUT2D eigenvalue weighted by Gasteiger charge is -2.05. The SMILES string of the molecule is CCOc1ccc(CC(=O)Nc2ccn[nH]2)cc1. The van der Waals surface area contributed by atoms with Crippen LogP contribution in [0.15, 0.2) is 36.5 Å². The predicted octanol–water partition coefficient (Wildman–Crippen LogP) is 1.99. The summed E-state index contributed by atoms with van der Waals surface area (Å²) in [5.74, 6) is 1.34. The Labute approximate surface area is 105 Å². The van der Waals surface area contributed by atoms with Crippen molar-refractivity contribution in [2.75, 3.05) is 11.9 Å². The molecule has 0 bridgehead atoms. The zero-order chi connectivity index (χ0) is 12.8. The number of H-pyrrole nitrogens is 1. The molecule has 0 fully saturated rings. The molecule has 1 aromatic heterocycles. The van der Waals surface area contributed by atoms with Crippen LogP contribution in [0.25, 0.3) is 0 Å². The topological polar surface area (TPSA) is 67.0 Å². The molecule has 0 aliphatic rings. The van der Waals surface area contributed by atoms with E-state index in [0.717, 1.165) is 11.3 Å². The number of ether oxygens (including phenoxy) is 1. The molecular weight excluding hydrogens is 230 g/mol. The van der Waals surface area contributed by atoms with E-state index >= 15 is 0 Å². The van der Waals surface area contributed by atoms with Gasteiger partial charge in [-0.15, -0.1) is 0 Å². The summed E-state index contributed by atoms with van der Waals surface area (Å²) in [6, 6.07) is 9.20. The van der Waals surface area contributed by atoms with Crippen molar-refractivity contribution in [1.29, 1.82) is 0 Å². The quantitative estimate of drug-likeness (QED) is 0.846. The minimum atomic E-state index is -0.0802. The molecule has 2 aromatic rings. The molecule has 94 valence electrons. The van der Waals surface area contributed by atoms with Gasteiger partial charge in [0, 0.05) is 6.07 Å². The lowest BCUT2D eigenvalue weighted by atomic mass is 10.1. The molecule has 18 heavy (non-hydrogen) atoms. The molecule has 0 aliphatic heterocycles. The highest BCUT2D eigenvalue weighted by Gasteiger charge is 2.04. The highest BCUT2D eigenvalue weighted by atomic mass is 16.5. The largest absolute Gasteiger partial charge is 0.494 e. The Morgan fingerprint density at radius 1 is 1.33 bits per heavy atom. The van der Waals surface area contributed by atoms with Crippen molar-refractivity contribution in [3.63, 3.8) is 0 Å². The van der Waals surface area contributed by atoms with Gasteiger partial charge in [-0.2, -0.15) is 5.10 Å². The van der Waals surface area contributed by atoms with E-state index in [4.69, 9.17) is 4.74 Å². The number of hydrogen-bond acceptors (Lipinski definition) is 3. The molecule has 2 rings (SSSR count). The number of hydrogen-bond donors (Lipinski definition) is 2. The monoisotopic (exact) mass is 245 g/mol. The van der Waals surface area contributed by atoms with Crippen LogP contribution in [0.2, 0.25) is 0 Å². The van der Waals surface area contributed by atoms with Crippen LogP contribution in [0.3, 0.4) is 0 Å². The third-order valence-electron chi connectivity index (χ3n) is 2.37. The standard InChI is InChI=1S/C13H15N3O2/c1-2-18-11-5-3-10(4-6-11)9-13(17)15-12-7-8-14-16-12/h3-8H,2,9H2,1H3,(H2,14,15,16,17). The molecule has 0 atom stereocenters. The summed E-state index contributed by atoms with van der Waals surface area (Å²) in [4.78, 5) is 11.7. The van der Waals surface area contributed by atoms with Gasteiger partial charge in [0.2, 0.25) is 5.91 Å². The van der Waals surface area contributed by atoms with Crippen LogP contribution >= 0.6 is 0 Å². The van der Waals surface area contributed by atoms with Crippen molar-refractivity contribution in [1.82, 2.24) is 10.2 Å². The number of benzene rings is 1. The van der Waals surface area contributed by atoms with Crippen molar-refractivity contribution >= 4 is 11.7 Å². The Morgan fingerprint density at radius 3 is 2.72 bits per heavy atom. The van der Waals surface area contributed by atoms with E-state index in [2.05, 4.69) is 15.5 Å². The van der Waals surface area contributed by atoms with Crippen molar-refractivity contribution in [3.05, 3.63) is 42.1 Å². The second-order valence-corrected chi connectivity index (χ2v) is 3.77. The maximum absolute atomic E-state index is 11.7. The highest BCUT2D eigenvalue weighted by molar-refractivity contribution is 5.91. The second-order valence-electron chi connectivity index (χ2n) is 3.77. The summed E-state index contributed by atoms with van der Waals surface area (Å²) in [6.07, 6.45) is 1.91. The van der Waals surface area contributed by atoms with E-state index in [1.807, 2.05) is 31.2 Å². The number of aromatic amines is 1. The number of nitrogens with one attached hydrogen (secondary N) is 2. The van der Waals surface area contributed by atoms with E-state index in [1.165, 1.54) is 0 Å². The summed E-state index contributed by atoms with van der Waals surface area (Å²) in [7, 11) is 0. The van der Waals surface area contributed by atoms with Crippen LogP contribution in [-0.4, -0.2) is 22.7 Å². The fourth-order valence-electron chi connectivity index (χ4n) is 1.58. The molecule has 5 nitrogen and oxygen atoms in total. The van der Waals surface area contributed by atoms with Crippen LogP contribution in [0.1, 0.15) is 12.5 Å². The normalized spacial score (nSPS) is 10.1. The molecule has 2 N–H and O–H groups in total. The summed E-state index contributed by atoms with van der Waals surface area (Å²) < 4.78 is 5.34. The molecule has 1 aromatic carbocycles. The van der Waals surface area contributed by atoms with Gasteiger partial charge >= 0.3 is 0 Å². The Balaban J connectivity index is 1.90. The van der Waals surface area contributed by atoms with Crippen molar-refractivity contribution in [3.8, 4) is 5.75 Å². The van der Waals surface area contributed by atoms with Gasteiger partial charge in [0.25, 0.3) is 0 Å². The number of carbonyl (C=O) groups is 1. The number of carbonyl (C=O) groups excluding carboxylic acids is 1. The zero-order valence-corrected chi connectivity index (χ0v) is 10.1. The number of aromatic nitrogens is 2. The maximum atomic E-state index is 11.7.